The number of nitrogens with one attached hydrogen (secondary N) is 2. The number of nitrogens with zero attached hydrogens (tertiary/aromatic N) is 2. The van der Waals surface area contributed by atoms with Gasteiger partial charge in [-0.25, -0.2) is 9.78 Å². The highest BCUT2D eigenvalue weighted by Gasteiger charge is 2.34. The monoisotopic (exact) mass is 412 g/mol. The largest absolute Gasteiger partial charge is 0.322 e. The average Bonchev–Trinajstić information content (AvgIpc) is 3.35. The van der Waals surface area contributed by atoms with Crippen LogP contribution < -0.4 is 10.6 Å². The van der Waals surface area contributed by atoms with E-state index in [2.05, 4.69) is 15.6 Å². The van der Waals surface area contributed by atoms with E-state index in [9.17, 15) is 9.59 Å². The number of para-hydroxylation sites is 1. The quantitative estimate of drug-likeness (QED) is 0.746. The van der Waals surface area contributed by atoms with Crippen molar-refractivity contribution >= 4 is 57.3 Å². The Bertz CT molecular complexity index is 812. The molecule has 6 nitrogen and oxygen atoms in total. The number of aryl methyl sites for hydroxylation is 2. The molecule has 3 amide bonds. The molecule has 0 aliphatic heterocycles. The first-order chi connectivity index (χ1) is 12.3. The fourth-order valence-electron chi connectivity index (χ4n) is 2.39. The highest BCUT2D eigenvalue weighted by atomic mass is 35.5. The number of amides is 3. The second-order valence-electron chi connectivity index (χ2n) is 6.09. The van der Waals surface area contributed by atoms with Gasteiger partial charge in [-0.1, -0.05) is 29.3 Å². The van der Waals surface area contributed by atoms with Crippen molar-refractivity contribution in [3.05, 3.63) is 38.8 Å². The van der Waals surface area contributed by atoms with E-state index in [1.807, 2.05) is 13.8 Å². The summed E-state index contributed by atoms with van der Waals surface area (Å²) >= 11 is 13.6. The van der Waals surface area contributed by atoms with E-state index < -0.39 is 6.03 Å². The van der Waals surface area contributed by atoms with Crippen LogP contribution in [0, 0.1) is 13.8 Å². The maximum Gasteiger partial charge on any atom is 0.322 e. The van der Waals surface area contributed by atoms with Crippen molar-refractivity contribution in [2.75, 3.05) is 17.2 Å². The number of rotatable bonds is 5. The van der Waals surface area contributed by atoms with Crippen LogP contribution in [0.2, 0.25) is 10.0 Å². The highest BCUT2D eigenvalue weighted by molar-refractivity contribution is 7.15. The Hall–Kier alpha value is -1.83. The topological polar surface area (TPSA) is 74.3 Å². The minimum absolute atomic E-state index is 0.0433. The summed E-state index contributed by atoms with van der Waals surface area (Å²) in [6, 6.07) is 4.63. The van der Waals surface area contributed by atoms with Gasteiger partial charge in [-0.2, -0.15) is 0 Å². The molecule has 1 fully saturated rings. The number of hydrogen-bond acceptors (Lipinski definition) is 4. The van der Waals surface area contributed by atoms with Crippen molar-refractivity contribution in [3.63, 3.8) is 0 Å². The zero-order chi connectivity index (χ0) is 18.8. The standard InChI is InChI=1S/C17H18Cl2N4O2S/c1-9-10(2)26-16(20-9)21-14(24)8-23(11-6-7-11)17(25)22-15-12(18)4-3-5-13(15)19/h3-5,11H,6-8H2,1-2H3,(H,22,25)(H,20,21,24). The third kappa shape index (κ3) is 4.47. The van der Waals surface area contributed by atoms with Crippen molar-refractivity contribution in [2.45, 2.75) is 32.7 Å². The summed E-state index contributed by atoms with van der Waals surface area (Å²) in [5, 5.41) is 6.70. The molecule has 1 aromatic carbocycles. The van der Waals surface area contributed by atoms with Gasteiger partial charge < -0.3 is 15.5 Å². The van der Waals surface area contributed by atoms with E-state index in [-0.39, 0.29) is 18.5 Å². The molecule has 1 aromatic heterocycles. The summed E-state index contributed by atoms with van der Waals surface area (Å²) in [6.45, 7) is 3.77. The molecule has 0 bridgehead atoms. The van der Waals surface area contributed by atoms with E-state index in [4.69, 9.17) is 23.2 Å². The Morgan fingerprint density at radius 3 is 2.42 bits per heavy atom. The number of urea groups is 1. The number of hydrogen-bond donors (Lipinski definition) is 2. The molecule has 9 heteroatoms. The molecule has 26 heavy (non-hydrogen) atoms. The number of aromatic nitrogens is 1. The first-order valence-corrected chi connectivity index (χ1v) is 9.68. The summed E-state index contributed by atoms with van der Waals surface area (Å²) in [7, 11) is 0. The van der Waals surface area contributed by atoms with Crippen molar-refractivity contribution in [1.82, 2.24) is 9.88 Å². The zero-order valence-corrected chi connectivity index (χ0v) is 16.6. The van der Waals surface area contributed by atoms with Crippen LogP contribution in [0.3, 0.4) is 0 Å². The van der Waals surface area contributed by atoms with Gasteiger partial charge in [0.2, 0.25) is 5.91 Å². The second-order valence-corrected chi connectivity index (χ2v) is 8.11. The lowest BCUT2D eigenvalue weighted by atomic mass is 10.3. The Balaban J connectivity index is 1.67. The fraction of sp³-hybridized carbons (Fsp3) is 0.353. The van der Waals surface area contributed by atoms with E-state index in [1.54, 1.807) is 18.2 Å². The summed E-state index contributed by atoms with van der Waals surface area (Å²) in [6.07, 6.45) is 1.73. The number of anilines is 2. The Morgan fingerprint density at radius 2 is 1.88 bits per heavy atom. The van der Waals surface area contributed by atoms with Gasteiger partial charge in [-0.05, 0) is 38.8 Å². The third-order valence-corrected chi connectivity index (χ3v) is 5.65. The highest BCUT2D eigenvalue weighted by Crippen LogP contribution is 2.32. The lowest BCUT2D eigenvalue weighted by Crippen LogP contribution is -2.42. The normalized spacial score (nSPS) is 13.4. The molecule has 0 radical (unpaired) electrons. The molecule has 3 rings (SSSR count). The summed E-state index contributed by atoms with van der Waals surface area (Å²) in [4.78, 5) is 31.8. The fourth-order valence-corrected chi connectivity index (χ4v) is 3.71. The predicted octanol–water partition coefficient (Wildman–Crippen LogP) is 4.70. The van der Waals surface area contributed by atoms with Gasteiger partial charge in [0.05, 0.1) is 21.4 Å². The van der Waals surface area contributed by atoms with E-state index in [1.165, 1.54) is 16.2 Å². The van der Waals surface area contributed by atoms with Gasteiger partial charge in [0.15, 0.2) is 5.13 Å². The van der Waals surface area contributed by atoms with Gasteiger partial charge in [-0.15, -0.1) is 11.3 Å². The molecule has 1 aliphatic rings. The van der Waals surface area contributed by atoms with Crippen molar-refractivity contribution in [1.29, 1.82) is 0 Å². The molecule has 1 saturated carbocycles. The minimum Gasteiger partial charge on any atom is -0.312 e. The third-order valence-electron chi connectivity index (χ3n) is 4.03. The Morgan fingerprint density at radius 1 is 1.23 bits per heavy atom. The maximum absolute atomic E-state index is 12.6. The zero-order valence-electron chi connectivity index (χ0n) is 14.3. The van der Waals surface area contributed by atoms with Gasteiger partial charge in [-0.3, -0.25) is 4.79 Å². The lowest BCUT2D eigenvalue weighted by molar-refractivity contribution is -0.116. The number of carbonyl (C=O) groups excluding carboxylic acids is 2. The van der Waals surface area contributed by atoms with E-state index in [0.29, 0.717) is 20.9 Å². The minimum atomic E-state index is -0.399. The molecule has 2 aromatic rings. The van der Waals surface area contributed by atoms with Crippen LogP contribution in [0.25, 0.3) is 0 Å². The van der Waals surface area contributed by atoms with Crippen molar-refractivity contribution < 1.29 is 9.59 Å². The molecule has 0 saturated heterocycles. The molecule has 138 valence electrons. The lowest BCUT2D eigenvalue weighted by Gasteiger charge is -2.22. The molecular weight excluding hydrogens is 395 g/mol. The number of carbonyl (C=O) groups is 2. The van der Waals surface area contributed by atoms with Crippen molar-refractivity contribution in [3.8, 4) is 0 Å². The predicted molar refractivity (Wildman–Crippen MR) is 105 cm³/mol. The van der Waals surface area contributed by atoms with Gasteiger partial charge in [0.25, 0.3) is 0 Å². The summed E-state index contributed by atoms with van der Waals surface area (Å²) in [5.74, 6) is -0.286. The Labute approximate surface area is 165 Å². The molecular formula is C17H18Cl2N4O2S. The SMILES string of the molecule is Cc1nc(NC(=O)CN(C(=O)Nc2c(Cl)cccc2Cl)C2CC2)sc1C. The van der Waals surface area contributed by atoms with Crippen molar-refractivity contribution in [2.24, 2.45) is 0 Å². The molecule has 1 heterocycles. The maximum atomic E-state index is 12.6. The Kier molecular flexibility index (Phi) is 5.70. The van der Waals surface area contributed by atoms with Crippen LogP contribution in [0.5, 0.6) is 0 Å². The van der Waals surface area contributed by atoms with Gasteiger partial charge in [0.1, 0.15) is 6.54 Å². The van der Waals surface area contributed by atoms with Crippen LogP contribution in [-0.2, 0) is 4.79 Å². The van der Waals surface area contributed by atoms with Crippen LogP contribution >= 0.6 is 34.5 Å². The first kappa shape index (κ1) is 18.9. The second kappa shape index (κ2) is 7.82. The number of halogens is 2. The average molecular weight is 413 g/mol. The molecule has 0 unspecified atom stereocenters. The molecule has 0 atom stereocenters. The molecule has 2 N–H and O–H groups in total. The summed E-state index contributed by atoms with van der Waals surface area (Å²) < 4.78 is 0. The molecule has 1 aliphatic carbocycles. The van der Waals surface area contributed by atoms with Crippen LogP contribution in [0.1, 0.15) is 23.4 Å². The van der Waals surface area contributed by atoms with E-state index in [0.717, 1.165) is 23.4 Å². The van der Waals surface area contributed by atoms with Crippen LogP contribution in [0.15, 0.2) is 18.2 Å². The summed E-state index contributed by atoms with van der Waals surface area (Å²) in [5.41, 5.74) is 1.23. The molecule has 0 spiro atoms. The van der Waals surface area contributed by atoms with E-state index >= 15 is 0 Å². The smallest absolute Gasteiger partial charge is 0.312 e. The first-order valence-electron chi connectivity index (χ1n) is 8.10. The van der Waals surface area contributed by atoms with Gasteiger partial charge >= 0.3 is 6.03 Å². The number of benzene rings is 1. The van der Waals surface area contributed by atoms with Crippen LogP contribution in [-0.4, -0.2) is 34.4 Å². The van der Waals surface area contributed by atoms with Gasteiger partial charge in [0, 0.05) is 10.9 Å². The number of thiazole rings is 1. The van der Waals surface area contributed by atoms with Crippen LogP contribution in [0.4, 0.5) is 15.6 Å².